The molecule has 0 aromatic carbocycles. The van der Waals surface area contributed by atoms with Crippen LogP contribution in [0.2, 0.25) is 0 Å². The first-order valence-electron chi connectivity index (χ1n) is 8.76. The fourth-order valence-electron chi connectivity index (χ4n) is 3.10. The molecule has 0 fully saturated rings. The van der Waals surface area contributed by atoms with E-state index >= 15 is 0 Å². The summed E-state index contributed by atoms with van der Waals surface area (Å²) in [7, 11) is 1.74. The monoisotopic (exact) mass is 314 g/mol. The molecule has 0 N–H and O–H groups in total. The van der Waals surface area contributed by atoms with Crippen molar-refractivity contribution < 1.29 is 4.74 Å². The van der Waals surface area contributed by atoms with Gasteiger partial charge in [0.25, 0.3) is 0 Å². The van der Waals surface area contributed by atoms with Gasteiger partial charge in [0.2, 0.25) is 0 Å². The average Bonchev–Trinajstić information content (AvgIpc) is 2.46. The molecule has 1 aliphatic rings. The lowest BCUT2D eigenvalue weighted by atomic mass is 9.72. The van der Waals surface area contributed by atoms with Crippen LogP contribution in [0.15, 0.2) is 58.7 Å². The van der Waals surface area contributed by atoms with Crippen LogP contribution >= 0.6 is 0 Å². The Bertz CT molecular complexity index is 524. The summed E-state index contributed by atoms with van der Waals surface area (Å²) < 4.78 is 5.06. The smallest absolute Gasteiger partial charge is 0.0496 e. The van der Waals surface area contributed by atoms with Gasteiger partial charge in [0, 0.05) is 13.7 Å². The van der Waals surface area contributed by atoms with Crippen LogP contribution in [0.25, 0.3) is 0 Å². The zero-order chi connectivity index (χ0) is 17.3. The maximum Gasteiger partial charge on any atom is 0.0496 e. The highest BCUT2D eigenvalue weighted by molar-refractivity contribution is 5.37. The fraction of sp³-hybridized carbons (Fsp3) is 0.545. The Balaban J connectivity index is 2.67. The van der Waals surface area contributed by atoms with Gasteiger partial charge in [-0.15, -0.1) is 0 Å². The maximum absolute atomic E-state index is 5.06. The number of allylic oxidation sites excluding steroid dienone is 9. The lowest BCUT2D eigenvalue weighted by Gasteiger charge is -2.32. The van der Waals surface area contributed by atoms with E-state index in [0.29, 0.717) is 5.41 Å². The molecule has 0 unspecified atom stereocenters. The fourth-order valence-corrected chi connectivity index (χ4v) is 3.10. The number of hydrogen-bond donors (Lipinski definition) is 0. The van der Waals surface area contributed by atoms with Crippen LogP contribution < -0.4 is 0 Å². The van der Waals surface area contributed by atoms with Crippen molar-refractivity contribution in [2.75, 3.05) is 13.7 Å². The van der Waals surface area contributed by atoms with Crippen LogP contribution in [0.1, 0.15) is 60.3 Å². The van der Waals surface area contributed by atoms with Crippen molar-refractivity contribution in [3.63, 3.8) is 0 Å². The van der Waals surface area contributed by atoms with Gasteiger partial charge in [-0.25, -0.2) is 0 Å². The Kier molecular flexibility index (Phi) is 8.33. The summed E-state index contributed by atoms with van der Waals surface area (Å²) in [5.74, 6) is 0. The van der Waals surface area contributed by atoms with Crippen molar-refractivity contribution >= 4 is 0 Å². The molecule has 0 atom stereocenters. The van der Waals surface area contributed by atoms with E-state index in [0.717, 1.165) is 13.0 Å². The highest BCUT2D eigenvalue weighted by atomic mass is 16.5. The lowest BCUT2D eigenvalue weighted by molar-refractivity contribution is 0.204. The molecule has 0 aromatic rings. The summed E-state index contributed by atoms with van der Waals surface area (Å²) in [6.07, 6.45) is 18.1. The number of rotatable bonds is 7. The predicted octanol–water partition coefficient (Wildman–Crippen LogP) is 6.55. The Morgan fingerprint density at radius 2 is 1.91 bits per heavy atom. The molecule has 0 aliphatic heterocycles. The third kappa shape index (κ3) is 7.18. The van der Waals surface area contributed by atoms with E-state index in [9.17, 15) is 0 Å². The molecule has 1 heteroatoms. The van der Waals surface area contributed by atoms with Gasteiger partial charge in [0.15, 0.2) is 0 Å². The number of ether oxygens (including phenoxy) is 1. The molecule has 128 valence electrons. The molecule has 0 saturated carbocycles. The van der Waals surface area contributed by atoms with Gasteiger partial charge in [-0.3, -0.25) is 0 Å². The van der Waals surface area contributed by atoms with Crippen molar-refractivity contribution in [2.24, 2.45) is 5.41 Å². The largest absolute Gasteiger partial charge is 0.384 e. The Labute approximate surface area is 143 Å². The SMILES string of the molecule is COCC/C=C(C)/C=C/C=C(C)/C=C/C1=C(C)CCCC1(C)C. The standard InChI is InChI=1S/C22H34O/c1-18(12-9-17-23-6)10-7-11-19(2)14-15-21-20(3)13-8-16-22(21,4)5/h7,10-12,14-15H,8-9,13,16-17H2,1-6H3/b10-7+,15-14+,18-12+,19-11+. The first-order valence-corrected chi connectivity index (χ1v) is 8.76. The summed E-state index contributed by atoms with van der Waals surface area (Å²) in [6, 6.07) is 0. The molecule has 23 heavy (non-hydrogen) atoms. The highest BCUT2D eigenvalue weighted by Gasteiger charge is 2.26. The van der Waals surface area contributed by atoms with Gasteiger partial charge in [-0.05, 0) is 57.4 Å². The topological polar surface area (TPSA) is 9.23 Å². The highest BCUT2D eigenvalue weighted by Crippen LogP contribution is 2.40. The van der Waals surface area contributed by atoms with Crippen LogP contribution in [-0.4, -0.2) is 13.7 Å². The molecule has 1 nitrogen and oxygen atoms in total. The zero-order valence-corrected chi connectivity index (χ0v) is 15.9. The van der Waals surface area contributed by atoms with Gasteiger partial charge in [-0.2, -0.15) is 0 Å². The van der Waals surface area contributed by atoms with E-state index in [1.54, 1.807) is 12.7 Å². The van der Waals surface area contributed by atoms with Crippen molar-refractivity contribution in [1.82, 2.24) is 0 Å². The number of methoxy groups -OCH3 is 1. The van der Waals surface area contributed by atoms with Crippen molar-refractivity contribution in [3.05, 3.63) is 58.7 Å². The van der Waals surface area contributed by atoms with Gasteiger partial charge >= 0.3 is 0 Å². The Hall–Kier alpha value is -1.34. The van der Waals surface area contributed by atoms with E-state index in [1.807, 2.05) is 0 Å². The summed E-state index contributed by atoms with van der Waals surface area (Å²) >= 11 is 0. The summed E-state index contributed by atoms with van der Waals surface area (Å²) in [5, 5.41) is 0. The Morgan fingerprint density at radius 3 is 2.57 bits per heavy atom. The molecular weight excluding hydrogens is 280 g/mol. The molecule has 0 saturated heterocycles. The molecule has 0 aromatic heterocycles. The van der Waals surface area contributed by atoms with E-state index in [2.05, 4.69) is 71.1 Å². The predicted molar refractivity (Wildman–Crippen MR) is 103 cm³/mol. The number of hydrogen-bond acceptors (Lipinski definition) is 1. The molecule has 0 heterocycles. The third-order valence-electron chi connectivity index (χ3n) is 4.56. The molecule has 1 aliphatic carbocycles. The normalized spacial score (nSPS) is 20.1. The van der Waals surface area contributed by atoms with E-state index in [1.165, 1.54) is 36.0 Å². The summed E-state index contributed by atoms with van der Waals surface area (Å²) in [4.78, 5) is 0. The van der Waals surface area contributed by atoms with Gasteiger partial charge in [0.05, 0.1) is 0 Å². The minimum absolute atomic E-state index is 0.315. The summed E-state index contributed by atoms with van der Waals surface area (Å²) in [5.41, 5.74) is 5.96. The van der Waals surface area contributed by atoms with E-state index in [4.69, 9.17) is 4.74 Å². The van der Waals surface area contributed by atoms with Crippen molar-refractivity contribution in [3.8, 4) is 0 Å². The van der Waals surface area contributed by atoms with E-state index in [-0.39, 0.29) is 0 Å². The molecule has 1 rings (SSSR count). The second-order valence-corrected chi connectivity index (χ2v) is 7.26. The third-order valence-corrected chi connectivity index (χ3v) is 4.56. The van der Waals surface area contributed by atoms with Crippen LogP contribution in [-0.2, 0) is 4.74 Å². The first-order chi connectivity index (χ1) is 10.9. The van der Waals surface area contributed by atoms with Crippen LogP contribution in [0.3, 0.4) is 0 Å². The maximum atomic E-state index is 5.06. The van der Waals surface area contributed by atoms with Gasteiger partial charge in [-0.1, -0.05) is 67.0 Å². The van der Waals surface area contributed by atoms with Gasteiger partial charge in [0.1, 0.15) is 0 Å². The van der Waals surface area contributed by atoms with Crippen molar-refractivity contribution in [1.29, 1.82) is 0 Å². The molecule has 0 amide bonds. The van der Waals surface area contributed by atoms with Crippen molar-refractivity contribution in [2.45, 2.75) is 60.3 Å². The molecular formula is C22H34O. The summed E-state index contributed by atoms with van der Waals surface area (Å²) in [6.45, 7) is 12.1. The minimum Gasteiger partial charge on any atom is -0.384 e. The Morgan fingerprint density at radius 1 is 1.17 bits per heavy atom. The second-order valence-electron chi connectivity index (χ2n) is 7.26. The molecule has 0 radical (unpaired) electrons. The minimum atomic E-state index is 0.315. The van der Waals surface area contributed by atoms with Crippen LogP contribution in [0.5, 0.6) is 0 Å². The van der Waals surface area contributed by atoms with Crippen LogP contribution in [0, 0.1) is 5.41 Å². The zero-order valence-electron chi connectivity index (χ0n) is 15.9. The quantitative estimate of drug-likeness (QED) is 0.382. The molecule has 0 spiro atoms. The van der Waals surface area contributed by atoms with Gasteiger partial charge < -0.3 is 4.74 Å². The lowest BCUT2D eigenvalue weighted by Crippen LogP contribution is -2.19. The first kappa shape index (κ1) is 19.7. The van der Waals surface area contributed by atoms with E-state index < -0.39 is 0 Å². The van der Waals surface area contributed by atoms with Crippen LogP contribution in [0.4, 0.5) is 0 Å². The second kappa shape index (κ2) is 9.72. The molecule has 0 bridgehead atoms. The average molecular weight is 315 g/mol.